The van der Waals surface area contributed by atoms with Crippen LogP contribution in [0.3, 0.4) is 0 Å². The number of anilines is 1. The Hall–Kier alpha value is -2.16. The molecule has 0 aliphatic heterocycles. The number of sulfonamides is 1. The lowest BCUT2D eigenvalue weighted by atomic mass is 10.3. The van der Waals surface area contributed by atoms with Gasteiger partial charge in [-0.2, -0.15) is 5.10 Å². The molecule has 1 aromatic carbocycles. The van der Waals surface area contributed by atoms with Crippen LogP contribution in [0.25, 0.3) is 10.6 Å². The maximum Gasteiger partial charge on any atom is 0.268 e. The number of benzene rings is 1. The summed E-state index contributed by atoms with van der Waals surface area (Å²) in [6.07, 6.45) is 1.50. The van der Waals surface area contributed by atoms with E-state index in [1.807, 2.05) is 23.6 Å². The molecule has 0 unspecified atom stereocenters. The van der Waals surface area contributed by atoms with E-state index in [-0.39, 0.29) is 18.0 Å². The second-order valence-electron chi connectivity index (χ2n) is 5.13. The summed E-state index contributed by atoms with van der Waals surface area (Å²) in [6, 6.07) is 12.4. The third kappa shape index (κ3) is 3.08. The van der Waals surface area contributed by atoms with Crippen LogP contribution in [0.1, 0.15) is 0 Å². The van der Waals surface area contributed by atoms with Crippen molar-refractivity contribution in [1.29, 1.82) is 0 Å². The van der Waals surface area contributed by atoms with Gasteiger partial charge in [0, 0.05) is 13.2 Å². The van der Waals surface area contributed by atoms with Gasteiger partial charge in [0.1, 0.15) is 10.6 Å². The van der Waals surface area contributed by atoms with Crippen molar-refractivity contribution in [2.24, 2.45) is 7.05 Å². The zero-order valence-corrected chi connectivity index (χ0v) is 14.7. The summed E-state index contributed by atoms with van der Waals surface area (Å²) < 4.78 is 29.1. The molecule has 3 rings (SSSR count). The number of aliphatic hydroxyl groups is 1. The number of nitrogens with zero attached hydrogens (tertiary/aromatic N) is 3. The Morgan fingerprint density at radius 2 is 1.96 bits per heavy atom. The SMILES string of the molecule is Cn1cc(S(=O)(=O)N(CCO)c2ccccc2)c(-c2cccs2)n1. The van der Waals surface area contributed by atoms with Crippen LogP contribution < -0.4 is 4.31 Å². The standard InChI is InChI=1S/C16H17N3O3S2/c1-18-12-15(16(17-18)14-8-5-11-23-14)24(21,22)19(9-10-20)13-6-3-2-4-7-13/h2-8,11-12,20H,9-10H2,1H3. The quantitative estimate of drug-likeness (QED) is 0.729. The first-order valence-electron chi connectivity index (χ1n) is 7.30. The largest absolute Gasteiger partial charge is 0.394 e. The van der Waals surface area contributed by atoms with Crippen LogP contribution in [-0.2, 0) is 17.1 Å². The third-order valence-electron chi connectivity index (χ3n) is 3.47. The number of thiophene rings is 1. The van der Waals surface area contributed by atoms with Crippen LogP contribution in [0.4, 0.5) is 5.69 Å². The van der Waals surface area contributed by atoms with Crippen LogP contribution in [-0.4, -0.2) is 36.5 Å². The molecule has 0 saturated heterocycles. The van der Waals surface area contributed by atoms with Gasteiger partial charge < -0.3 is 5.11 Å². The third-order valence-corrected chi connectivity index (χ3v) is 6.17. The van der Waals surface area contributed by atoms with E-state index >= 15 is 0 Å². The van der Waals surface area contributed by atoms with Gasteiger partial charge in [-0.15, -0.1) is 11.3 Å². The number of aryl methyl sites for hydroxylation is 1. The van der Waals surface area contributed by atoms with Gasteiger partial charge >= 0.3 is 0 Å². The maximum atomic E-state index is 13.2. The number of para-hydroxylation sites is 1. The molecular formula is C16H17N3O3S2. The summed E-state index contributed by atoms with van der Waals surface area (Å²) in [5.41, 5.74) is 0.930. The number of rotatable bonds is 6. The first-order valence-corrected chi connectivity index (χ1v) is 9.62. The van der Waals surface area contributed by atoms with Gasteiger partial charge in [-0.05, 0) is 23.6 Å². The zero-order valence-electron chi connectivity index (χ0n) is 13.0. The highest BCUT2D eigenvalue weighted by molar-refractivity contribution is 7.93. The predicted octanol–water partition coefficient (Wildman–Crippen LogP) is 2.34. The van der Waals surface area contributed by atoms with Crippen molar-refractivity contribution < 1.29 is 13.5 Å². The van der Waals surface area contributed by atoms with Crippen molar-refractivity contribution >= 4 is 27.0 Å². The Labute approximate surface area is 144 Å². The number of aliphatic hydroxyl groups excluding tert-OH is 1. The van der Waals surface area contributed by atoms with Crippen LogP contribution in [0.2, 0.25) is 0 Å². The lowest BCUT2D eigenvalue weighted by molar-refractivity contribution is 0.306. The Kier molecular flexibility index (Phi) is 4.70. The maximum absolute atomic E-state index is 13.2. The minimum atomic E-state index is -3.86. The van der Waals surface area contributed by atoms with Crippen molar-refractivity contribution in [2.45, 2.75) is 4.90 Å². The van der Waals surface area contributed by atoms with Crippen molar-refractivity contribution in [3.05, 3.63) is 54.0 Å². The fraction of sp³-hybridized carbons (Fsp3) is 0.188. The number of aromatic nitrogens is 2. The summed E-state index contributed by atoms with van der Waals surface area (Å²) in [5.74, 6) is 0. The first kappa shape index (κ1) is 16.7. The van der Waals surface area contributed by atoms with E-state index in [0.29, 0.717) is 11.4 Å². The van der Waals surface area contributed by atoms with Gasteiger partial charge in [-0.3, -0.25) is 8.99 Å². The van der Waals surface area contributed by atoms with Crippen LogP contribution in [0, 0.1) is 0 Å². The van der Waals surface area contributed by atoms with Gasteiger partial charge in [0.25, 0.3) is 10.0 Å². The molecule has 24 heavy (non-hydrogen) atoms. The average molecular weight is 363 g/mol. The first-order chi connectivity index (χ1) is 11.5. The highest BCUT2D eigenvalue weighted by Crippen LogP contribution is 2.32. The van der Waals surface area contributed by atoms with Crippen LogP contribution in [0.15, 0.2) is 58.9 Å². The molecule has 0 radical (unpaired) electrons. The molecular weight excluding hydrogens is 346 g/mol. The lowest BCUT2D eigenvalue weighted by Gasteiger charge is -2.23. The minimum Gasteiger partial charge on any atom is -0.394 e. The van der Waals surface area contributed by atoms with Gasteiger partial charge in [0.15, 0.2) is 0 Å². The molecule has 0 fully saturated rings. The highest BCUT2D eigenvalue weighted by atomic mass is 32.2. The molecule has 1 N–H and O–H groups in total. The van der Waals surface area contributed by atoms with Crippen molar-refractivity contribution in [2.75, 3.05) is 17.5 Å². The van der Waals surface area contributed by atoms with E-state index in [9.17, 15) is 13.5 Å². The second kappa shape index (κ2) is 6.76. The van der Waals surface area contributed by atoms with Gasteiger partial charge in [-0.1, -0.05) is 24.3 Å². The number of hydrogen-bond donors (Lipinski definition) is 1. The van der Waals surface area contributed by atoms with Crippen LogP contribution in [0.5, 0.6) is 0 Å². The van der Waals surface area contributed by atoms with Gasteiger partial charge in [-0.25, -0.2) is 8.42 Å². The summed E-state index contributed by atoms with van der Waals surface area (Å²) in [4.78, 5) is 0.913. The fourth-order valence-corrected chi connectivity index (χ4v) is 4.86. The average Bonchev–Trinajstić information content (AvgIpc) is 3.22. The Morgan fingerprint density at radius 3 is 2.58 bits per heavy atom. The summed E-state index contributed by atoms with van der Waals surface area (Å²) in [5, 5.41) is 15.5. The molecule has 0 aliphatic carbocycles. The topological polar surface area (TPSA) is 75.4 Å². The van der Waals surface area contributed by atoms with Gasteiger partial charge in [0.05, 0.1) is 23.7 Å². The van der Waals surface area contributed by atoms with Crippen LogP contribution >= 0.6 is 11.3 Å². The lowest BCUT2D eigenvalue weighted by Crippen LogP contribution is -2.33. The smallest absolute Gasteiger partial charge is 0.268 e. The van der Waals surface area contributed by atoms with Crippen molar-refractivity contribution in [3.63, 3.8) is 0 Å². The molecule has 8 heteroatoms. The molecule has 2 aromatic heterocycles. The molecule has 0 aliphatic rings. The highest BCUT2D eigenvalue weighted by Gasteiger charge is 2.30. The normalized spacial score (nSPS) is 11.6. The van der Waals surface area contributed by atoms with Crippen molar-refractivity contribution in [3.8, 4) is 10.6 Å². The zero-order chi connectivity index (χ0) is 17.2. The van der Waals surface area contributed by atoms with E-state index < -0.39 is 10.0 Å². The second-order valence-corrected chi connectivity index (χ2v) is 7.91. The van der Waals surface area contributed by atoms with E-state index in [2.05, 4.69) is 5.10 Å². The molecule has 3 aromatic rings. The number of hydrogen-bond acceptors (Lipinski definition) is 5. The van der Waals surface area contributed by atoms with E-state index in [4.69, 9.17) is 0 Å². The summed E-state index contributed by atoms with van der Waals surface area (Å²) in [6.45, 7) is -0.298. The molecule has 6 nitrogen and oxygen atoms in total. The van der Waals surface area contributed by atoms with Gasteiger partial charge in [0.2, 0.25) is 0 Å². The van der Waals surface area contributed by atoms with Crippen molar-refractivity contribution in [1.82, 2.24) is 9.78 Å². The Balaban J connectivity index is 2.13. The summed E-state index contributed by atoms with van der Waals surface area (Å²) in [7, 11) is -2.17. The van der Waals surface area contributed by atoms with E-state index in [0.717, 1.165) is 4.88 Å². The minimum absolute atomic E-state index is 0.0227. The molecule has 2 heterocycles. The Bertz CT molecular complexity index is 903. The van der Waals surface area contributed by atoms with E-state index in [1.54, 1.807) is 31.3 Å². The molecule has 126 valence electrons. The molecule has 0 amide bonds. The summed E-state index contributed by atoms with van der Waals surface area (Å²) >= 11 is 1.43. The predicted molar refractivity (Wildman–Crippen MR) is 94.6 cm³/mol. The fourth-order valence-electron chi connectivity index (χ4n) is 2.43. The monoisotopic (exact) mass is 363 g/mol. The molecule has 0 spiro atoms. The molecule has 0 saturated carbocycles. The Morgan fingerprint density at radius 1 is 1.21 bits per heavy atom. The molecule has 0 atom stereocenters. The molecule has 0 bridgehead atoms. The van der Waals surface area contributed by atoms with E-state index in [1.165, 1.54) is 26.5 Å².